The van der Waals surface area contributed by atoms with E-state index in [1.807, 2.05) is 13.8 Å². The second-order valence-corrected chi connectivity index (χ2v) is 6.40. The Morgan fingerprint density at radius 2 is 2.13 bits per heavy atom. The van der Waals surface area contributed by atoms with E-state index in [1.54, 1.807) is 25.1 Å². The van der Waals surface area contributed by atoms with Crippen LogP contribution in [0.2, 0.25) is 10.0 Å². The maximum Gasteiger partial charge on any atom is 0.336 e. The molecular weight excluding hydrogens is 337 g/mol. The average Bonchev–Trinajstić information content (AvgIpc) is 2.48. The van der Waals surface area contributed by atoms with E-state index < -0.39 is 11.9 Å². The van der Waals surface area contributed by atoms with Crippen molar-refractivity contribution in [2.75, 3.05) is 0 Å². The van der Waals surface area contributed by atoms with Crippen molar-refractivity contribution in [2.45, 2.75) is 45.6 Å². The van der Waals surface area contributed by atoms with Crippen LogP contribution in [0.3, 0.4) is 0 Å². The summed E-state index contributed by atoms with van der Waals surface area (Å²) in [6.07, 6.45) is 0.644. The van der Waals surface area contributed by atoms with Crippen LogP contribution in [-0.4, -0.2) is 18.0 Å². The Morgan fingerprint density at radius 1 is 1.43 bits per heavy atom. The van der Waals surface area contributed by atoms with Crippen molar-refractivity contribution in [1.82, 2.24) is 5.32 Å². The van der Waals surface area contributed by atoms with E-state index in [1.165, 1.54) is 0 Å². The van der Waals surface area contributed by atoms with Crippen LogP contribution in [0.25, 0.3) is 0 Å². The summed E-state index contributed by atoms with van der Waals surface area (Å²) in [6.45, 7) is 5.46. The van der Waals surface area contributed by atoms with E-state index >= 15 is 0 Å². The molecule has 0 spiro atoms. The zero-order chi connectivity index (χ0) is 17.1. The van der Waals surface area contributed by atoms with Gasteiger partial charge < -0.3 is 10.1 Å². The third-order valence-electron chi connectivity index (χ3n) is 3.93. The predicted octanol–water partition coefficient (Wildman–Crippen LogP) is 4.21. The summed E-state index contributed by atoms with van der Waals surface area (Å²) in [5.41, 5.74) is 1.58. The number of benzene rings is 1. The smallest absolute Gasteiger partial charge is 0.336 e. The van der Waals surface area contributed by atoms with Crippen LogP contribution in [0.5, 0.6) is 0 Å². The molecule has 1 N–H and O–H groups in total. The average molecular weight is 356 g/mol. The molecule has 0 unspecified atom stereocenters. The van der Waals surface area contributed by atoms with Crippen molar-refractivity contribution in [3.63, 3.8) is 0 Å². The molecule has 4 nitrogen and oxygen atoms in total. The van der Waals surface area contributed by atoms with Crippen molar-refractivity contribution < 1.29 is 14.3 Å². The zero-order valence-electron chi connectivity index (χ0n) is 13.3. The second-order valence-electron chi connectivity index (χ2n) is 5.61. The normalized spacial score (nSPS) is 19.3. The number of amides is 1. The summed E-state index contributed by atoms with van der Waals surface area (Å²) in [5.74, 6) is -1.06. The fourth-order valence-electron chi connectivity index (χ4n) is 2.56. The Labute approximate surface area is 145 Å². The molecule has 124 valence electrons. The van der Waals surface area contributed by atoms with Crippen LogP contribution in [0.4, 0.5) is 0 Å². The molecule has 6 heteroatoms. The Bertz CT molecular complexity index is 670. The number of hydrogen-bond acceptors (Lipinski definition) is 3. The molecule has 1 aromatic rings. The van der Waals surface area contributed by atoms with Gasteiger partial charge in [-0.15, -0.1) is 0 Å². The molecule has 0 saturated heterocycles. The maximum absolute atomic E-state index is 12.6. The first-order valence-corrected chi connectivity index (χ1v) is 8.26. The molecule has 0 fully saturated rings. The molecule has 1 aliphatic heterocycles. The Hall–Kier alpha value is -1.52. The number of hydrogen-bond donors (Lipinski definition) is 1. The molecule has 0 aromatic heterocycles. The lowest BCUT2D eigenvalue weighted by Crippen LogP contribution is -2.35. The van der Waals surface area contributed by atoms with Gasteiger partial charge in [0.15, 0.2) is 0 Å². The summed E-state index contributed by atoms with van der Waals surface area (Å²) in [7, 11) is 0. The van der Waals surface area contributed by atoms with E-state index in [0.29, 0.717) is 33.3 Å². The first kappa shape index (κ1) is 17.8. The van der Waals surface area contributed by atoms with Gasteiger partial charge >= 0.3 is 5.97 Å². The number of allylic oxidation sites excluding steroid dienone is 1. The Balaban J connectivity index is 2.46. The van der Waals surface area contributed by atoms with Crippen LogP contribution in [0, 0.1) is 0 Å². The molecule has 0 aliphatic carbocycles. The van der Waals surface area contributed by atoms with Crippen LogP contribution in [0.1, 0.15) is 45.1 Å². The molecule has 1 aliphatic rings. The number of carbonyl (C=O) groups is 2. The summed E-state index contributed by atoms with van der Waals surface area (Å²) in [4.78, 5) is 24.5. The fraction of sp³-hybridized carbons (Fsp3) is 0.412. The minimum Gasteiger partial charge on any atom is -0.459 e. The number of esters is 1. The fourth-order valence-corrected chi connectivity index (χ4v) is 3.00. The van der Waals surface area contributed by atoms with Gasteiger partial charge in [0.2, 0.25) is 5.91 Å². The van der Waals surface area contributed by atoms with Crippen molar-refractivity contribution in [2.24, 2.45) is 0 Å². The minimum absolute atomic E-state index is 0.127. The third-order valence-corrected chi connectivity index (χ3v) is 4.76. The molecule has 2 rings (SSSR count). The highest BCUT2D eigenvalue weighted by Gasteiger charge is 2.34. The molecule has 2 atom stereocenters. The Morgan fingerprint density at radius 3 is 2.78 bits per heavy atom. The molecule has 0 bridgehead atoms. The minimum atomic E-state index is -0.466. The predicted molar refractivity (Wildman–Crippen MR) is 90.5 cm³/mol. The van der Waals surface area contributed by atoms with E-state index in [0.717, 1.165) is 0 Å². The van der Waals surface area contributed by atoms with Crippen LogP contribution >= 0.6 is 23.2 Å². The zero-order valence-corrected chi connectivity index (χ0v) is 14.8. The highest BCUT2D eigenvalue weighted by atomic mass is 35.5. The molecule has 0 radical (unpaired) electrons. The van der Waals surface area contributed by atoms with Gasteiger partial charge in [-0.1, -0.05) is 42.3 Å². The van der Waals surface area contributed by atoms with Gasteiger partial charge in [-0.25, -0.2) is 4.79 Å². The number of rotatable bonds is 4. The Kier molecular flexibility index (Phi) is 5.71. The largest absolute Gasteiger partial charge is 0.459 e. The first-order valence-electron chi connectivity index (χ1n) is 7.50. The van der Waals surface area contributed by atoms with Gasteiger partial charge in [0.25, 0.3) is 0 Å². The summed E-state index contributed by atoms with van der Waals surface area (Å²) < 4.78 is 5.44. The highest BCUT2D eigenvalue weighted by Crippen LogP contribution is 2.39. The standard InChI is InChI=1S/C17H19Cl2NO3/c1-4-9(2)23-17(22)15-10(3)20-14(21)8-12(15)11-6-5-7-13(18)16(11)19/h5-7,9,12H,4,8H2,1-3H3,(H,20,21)/t9-,12-/m0/s1. The van der Waals surface area contributed by atoms with Crippen molar-refractivity contribution in [3.05, 3.63) is 45.1 Å². The summed E-state index contributed by atoms with van der Waals surface area (Å²) in [5, 5.41) is 3.45. The third kappa shape index (κ3) is 3.88. The second kappa shape index (κ2) is 7.37. The summed E-state index contributed by atoms with van der Waals surface area (Å²) >= 11 is 12.4. The van der Waals surface area contributed by atoms with Crippen molar-refractivity contribution in [3.8, 4) is 0 Å². The lowest BCUT2D eigenvalue weighted by atomic mass is 9.84. The quantitative estimate of drug-likeness (QED) is 0.822. The molecular formula is C17H19Cl2NO3. The van der Waals surface area contributed by atoms with E-state index in [2.05, 4.69) is 5.32 Å². The number of carbonyl (C=O) groups excluding carboxylic acids is 2. The lowest BCUT2D eigenvalue weighted by molar-refractivity contribution is -0.144. The molecule has 1 aromatic carbocycles. The number of halogens is 2. The molecule has 1 amide bonds. The molecule has 23 heavy (non-hydrogen) atoms. The maximum atomic E-state index is 12.6. The van der Waals surface area contributed by atoms with Gasteiger partial charge in [0, 0.05) is 18.0 Å². The molecule has 0 saturated carbocycles. The monoisotopic (exact) mass is 355 g/mol. The first-order chi connectivity index (χ1) is 10.8. The van der Waals surface area contributed by atoms with Crippen LogP contribution in [0.15, 0.2) is 29.5 Å². The number of nitrogens with one attached hydrogen (secondary N) is 1. The van der Waals surface area contributed by atoms with E-state index in [9.17, 15) is 9.59 Å². The molecule has 1 heterocycles. The highest BCUT2D eigenvalue weighted by molar-refractivity contribution is 6.42. The van der Waals surface area contributed by atoms with Crippen molar-refractivity contribution in [1.29, 1.82) is 0 Å². The van der Waals surface area contributed by atoms with Crippen LogP contribution in [-0.2, 0) is 14.3 Å². The van der Waals surface area contributed by atoms with Gasteiger partial charge in [0.1, 0.15) is 0 Å². The number of ether oxygens (including phenoxy) is 1. The van der Waals surface area contributed by atoms with Gasteiger partial charge in [-0.3, -0.25) is 4.79 Å². The van der Waals surface area contributed by atoms with Gasteiger partial charge in [0.05, 0.1) is 21.7 Å². The SMILES string of the molecule is CC[C@H](C)OC(=O)C1=C(C)NC(=O)C[C@H]1c1cccc(Cl)c1Cl. The van der Waals surface area contributed by atoms with Gasteiger partial charge in [-0.2, -0.15) is 0 Å². The topological polar surface area (TPSA) is 55.4 Å². The van der Waals surface area contributed by atoms with E-state index in [-0.39, 0.29) is 18.4 Å². The summed E-state index contributed by atoms with van der Waals surface area (Å²) in [6, 6.07) is 5.20. The lowest BCUT2D eigenvalue weighted by Gasteiger charge is -2.28. The van der Waals surface area contributed by atoms with Gasteiger partial charge in [-0.05, 0) is 31.9 Å². The van der Waals surface area contributed by atoms with Crippen LogP contribution < -0.4 is 5.32 Å². The van der Waals surface area contributed by atoms with Crippen molar-refractivity contribution >= 4 is 35.1 Å². The van der Waals surface area contributed by atoms with E-state index in [4.69, 9.17) is 27.9 Å².